The molecule has 0 aliphatic rings. The zero-order valence-electron chi connectivity index (χ0n) is 14.6. The Kier molecular flexibility index (Phi) is 9.16. The van der Waals surface area contributed by atoms with Crippen LogP contribution in [0.2, 0.25) is 10.0 Å². The van der Waals surface area contributed by atoms with E-state index in [0.717, 1.165) is 24.8 Å². The molecule has 6 heteroatoms. The third kappa shape index (κ3) is 6.33. The number of rotatable bonds is 9. The van der Waals surface area contributed by atoms with Crippen molar-refractivity contribution in [1.29, 1.82) is 0 Å². The molecule has 1 aromatic rings. The van der Waals surface area contributed by atoms with Gasteiger partial charge >= 0.3 is 0 Å². The lowest BCUT2D eigenvalue weighted by Crippen LogP contribution is -2.47. The number of unbranched alkanes of at least 4 members (excludes halogenated alkanes) is 1. The minimum atomic E-state index is -0.532. The third-order valence-electron chi connectivity index (χ3n) is 3.80. The predicted octanol–water partition coefficient (Wildman–Crippen LogP) is 4.43. The van der Waals surface area contributed by atoms with Gasteiger partial charge < -0.3 is 10.2 Å². The highest BCUT2D eigenvalue weighted by molar-refractivity contribution is 6.42. The molecule has 0 aliphatic carbocycles. The van der Waals surface area contributed by atoms with Crippen molar-refractivity contribution in [3.05, 3.63) is 33.8 Å². The van der Waals surface area contributed by atoms with Gasteiger partial charge in [0.2, 0.25) is 11.8 Å². The van der Waals surface area contributed by atoms with E-state index in [9.17, 15) is 9.59 Å². The van der Waals surface area contributed by atoms with Gasteiger partial charge in [-0.1, -0.05) is 49.5 Å². The maximum Gasteiger partial charge on any atom is 0.242 e. The van der Waals surface area contributed by atoms with Gasteiger partial charge in [-0.3, -0.25) is 9.59 Å². The number of benzene rings is 1. The molecule has 1 aromatic carbocycles. The van der Waals surface area contributed by atoms with Crippen LogP contribution < -0.4 is 5.32 Å². The topological polar surface area (TPSA) is 49.4 Å². The maximum absolute atomic E-state index is 12.5. The van der Waals surface area contributed by atoms with Crippen LogP contribution >= 0.6 is 23.2 Å². The van der Waals surface area contributed by atoms with Crippen LogP contribution in [0.15, 0.2) is 18.2 Å². The highest BCUT2D eigenvalue weighted by Crippen LogP contribution is 2.24. The summed E-state index contributed by atoms with van der Waals surface area (Å²) in [6.07, 6.45) is 3.08. The largest absolute Gasteiger partial charge is 0.354 e. The van der Waals surface area contributed by atoms with E-state index < -0.39 is 6.04 Å². The molecule has 0 saturated carbocycles. The van der Waals surface area contributed by atoms with Gasteiger partial charge in [0.25, 0.3) is 0 Å². The second-order valence-corrected chi connectivity index (χ2v) is 6.66. The van der Waals surface area contributed by atoms with Crippen molar-refractivity contribution in [2.24, 2.45) is 0 Å². The van der Waals surface area contributed by atoms with Gasteiger partial charge in [0.1, 0.15) is 6.04 Å². The summed E-state index contributed by atoms with van der Waals surface area (Å²) in [4.78, 5) is 26.4. The zero-order chi connectivity index (χ0) is 18.1. The fourth-order valence-electron chi connectivity index (χ4n) is 2.31. The van der Waals surface area contributed by atoms with E-state index in [-0.39, 0.29) is 11.8 Å². The van der Waals surface area contributed by atoms with Gasteiger partial charge in [-0.15, -0.1) is 0 Å². The van der Waals surface area contributed by atoms with Crippen LogP contribution in [0, 0.1) is 0 Å². The van der Waals surface area contributed by atoms with E-state index in [4.69, 9.17) is 23.2 Å². The summed E-state index contributed by atoms with van der Waals surface area (Å²) in [7, 11) is 0. The molecule has 0 radical (unpaired) electrons. The fourth-order valence-corrected chi connectivity index (χ4v) is 2.63. The number of amides is 2. The SMILES string of the molecule is CCCCNC(=O)[C@@H](C)N(Cc1ccc(Cl)c(Cl)c1)C(=O)CCC. The van der Waals surface area contributed by atoms with Gasteiger partial charge in [-0.2, -0.15) is 0 Å². The van der Waals surface area contributed by atoms with Crippen LogP contribution in [-0.4, -0.2) is 29.3 Å². The summed E-state index contributed by atoms with van der Waals surface area (Å²) in [5.74, 6) is -0.172. The summed E-state index contributed by atoms with van der Waals surface area (Å²) >= 11 is 12.0. The molecular formula is C18H26Cl2N2O2. The molecule has 0 fully saturated rings. The van der Waals surface area contributed by atoms with E-state index in [1.165, 1.54) is 0 Å². The highest BCUT2D eigenvalue weighted by atomic mass is 35.5. The summed E-state index contributed by atoms with van der Waals surface area (Å²) in [5, 5.41) is 3.80. The minimum absolute atomic E-state index is 0.0401. The summed E-state index contributed by atoms with van der Waals surface area (Å²) in [6, 6.07) is 4.73. The lowest BCUT2D eigenvalue weighted by Gasteiger charge is -2.29. The molecule has 1 rings (SSSR count). The molecule has 2 amide bonds. The smallest absolute Gasteiger partial charge is 0.242 e. The lowest BCUT2D eigenvalue weighted by atomic mass is 10.1. The van der Waals surface area contributed by atoms with Crippen LogP contribution in [-0.2, 0) is 16.1 Å². The number of hydrogen-bond acceptors (Lipinski definition) is 2. The van der Waals surface area contributed by atoms with Crippen LogP contribution in [0.1, 0.15) is 52.0 Å². The van der Waals surface area contributed by atoms with Crippen molar-refractivity contribution >= 4 is 35.0 Å². The van der Waals surface area contributed by atoms with Crippen molar-refractivity contribution < 1.29 is 9.59 Å². The summed E-state index contributed by atoms with van der Waals surface area (Å²) in [6.45, 7) is 6.73. The standard InChI is InChI=1S/C18H26Cl2N2O2/c1-4-6-10-21-18(24)13(3)22(17(23)7-5-2)12-14-8-9-15(19)16(20)11-14/h8-9,11,13H,4-7,10,12H2,1-3H3,(H,21,24)/t13-/m1/s1. The Hall–Kier alpha value is -1.26. The van der Waals surface area contributed by atoms with Crippen molar-refractivity contribution in [2.75, 3.05) is 6.54 Å². The molecule has 24 heavy (non-hydrogen) atoms. The molecule has 0 aromatic heterocycles. The van der Waals surface area contributed by atoms with Crippen molar-refractivity contribution in [2.45, 2.75) is 59.0 Å². The number of nitrogens with zero attached hydrogens (tertiary/aromatic N) is 1. The monoisotopic (exact) mass is 372 g/mol. The van der Waals surface area contributed by atoms with Gasteiger partial charge in [-0.25, -0.2) is 0 Å². The van der Waals surface area contributed by atoms with E-state index in [0.29, 0.717) is 29.6 Å². The summed E-state index contributed by atoms with van der Waals surface area (Å²) < 4.78 is 0. The molecule has 0 spiro atoms. The number of carbonyl (C=O) groups is 2. The Balaban J connectivity index is 2.88. The Morgan fingerprint density at radius 1 is 1.17 bits per heavy atom. The molecule has 4 nitrogen and oxygen atoms in total. The first-order valence-electron chi connectivity index (χ1n) is 8.41. The highest BCUT2D eigenvalue weighted by Gasteiger charge is 2.25. The van der Waals surface area contributed by atoms with Crippen molar-refractivity contribution in [3.8, 4) is 0 Å². The van der Waals surface area contributed by atoms with Crippen molar-refractivity contribution in [1.82, 2.24) is 10.2 Å². The van der Waals surface area contributed by atoms with Crippen LogP contribution in [0.5, 0.6) is 0 Å². The predicted molar refractivity (Wildman–Crippen MR) is 99.3 cm³/mol. The Morgan fingerprint density at radius 3 is 2.46 bits per heavy atom. The molecule has 1 atom stereocenters. The van der Waals surface area contributed by atoms with E-state index in [2.05, 4.69) is 12.2 Å². The average Bonchev–Trinajstić information content (AvgIpc) is 2.55. The van der Waals surface area contributed by atoms with E-state index >= 15 is 0 Å². The number of halogens is 2. The lowest BCUT2D eigenvalue weighted by molar-refractivity contribution is -0.140. The second-order valence-electron chi connectivity index (χ2n) is 5.84. The molecule has 0 heterocycles. The normalized spacial score (nSPS) is 11.9. The van der Waals surface area contributed by atoms with E-state index in [1.54, 1.807) is 24.0 Å². The molecule has 0 bridgehead atoms. The fraction of sp³-hybridized carbons (Fsp3) is 0.556. The number of nitrogens with one attached hydrogen (secondary N) is 1. The van der Waals surface area contributed by atoms with Crippen molar-refractivity contribution in [3.63, 3.8) is 0 Å². The van der Waals surface area contributed by atoms with Gasteiger partial charge in [0.15, 0.2) is 0 Å². The first kappa shape index (κ1) is 20.8. The van der Waals surface area contributed by atoms with Crippen LogP contribution in [0.3, 0.4) is 0 Å². The van der Waals surface area contributed by atoms with Gasteiger partial charge in [-0.05, 0) is 37.5 Å². The first-order chi connectivity index (χ1) is 11.4. The Bertz CT molecular complexity index is 564. The minimum Gasteiger partial charge on any atom is -0.354 e. The Morgan fingerprint density at radius 2 is 1.88 bits per heavy atom. The van der Waals surface area contributed by atoms with Crippen LogP contribution in [0.25, 0.3) is 0 Å². The average molecular weight is 373 g/mol. The number of hydrogen-bond donors (Lipinski definition) is 1. The first-order valence-corrected chi connectivity index (χ1v) is 9.17. The van der Waals surface area contributed by atoms with Gasteiger partial charge in [0, 0.05) is 19.5 Å². The molecule has 0 aliphatic heterocycles. The zero-order valence-corrected chi connectivity index (χ0v) is 16.1. The second kappa shape index (κ2) is 10.6. The molecular weight excluding hydrogens is 347 g/mol. The third-order valence-corrected chi connectivity index (χ3v) is 4.54. The van der Waals surface area contributed by atoms with E-state index in [1.807, 2.05) is 13.0 Å². The van der Waals surface area contributed by atoms with Gasteiger partial charge in [0.05, 0.1) is 10.0 Å². The quantitative estimate of drug-likeness (QED) is 0.651. The molecule has 134 valence electrons. The molecule has 1 N–H and O–H groups in total. The Labute approximate surface area is 154 Å². The van der Waals surface area contributed by atoms with Crippen LogP contribution in [0.4, 0.5) is 0 Å². The molecule has 0 unspecified atom stereocenters. The number of carbonyl (C=O) groups excluding carboxylic acids is 2. The maximum atomic E-state index is 12.5. The summed E-state index contributed by atoms with van der Waals surface area (Å²) in [5.41, 5.74) is 0.849. The molecule has 0 saturated heterocycles.